The summed E-state index contributed by atoms with van der Waals surface area (Å²) in [5, 5.41) is 8.51. The van der Waals surface area contributed by atoms with Crippen LogP contribution in [0.2, 0.25) is 0 Å². The molecule has 0 heterocycles. The predicted octanol–water partition coefficient (Wildman–Crippen LogP) is 6.11. The number of unbranched alkanes of at least 4 members (excludes halogenated alkanes) is 11. The zero-order valence-electron chi connectivity index (χ0n) is 13.4. The zero-order valence-corrected chi connectivity index (χ0v) is 13.4. The lowest BCUT2D eigenvalue weighted by molar-refractivity contribution is -0.137. The molecule has 0 aliphatic rings. The first-order chi connectivity index (χ1) is 9.77. The molecule has 1 N–H and O–H groups in total. The Hall–Kier alpha value is -0.790. The molecule has 2 nitrogen and oxygen atoms in total. The van der Waals surface area contributed by atoms with E-state index in [0.717, 1.165) is 12.8 Å². The van der Waals surface area contributed by atoms with Crippen LogP contribution >= 0.6 is 0 Å². The minimum atomic E-state index is -0.658. The number of carboxylic acids is 1. The van der Waals surface area contributed by atoms with Gasteiger partial charge in [0.25, 0.3) is 0 Å². The summed E-state index contributed by atoms with van der Waals surface area (Å²) in [4.78, 5) is 10.3. The van der Waals surface area contributed by atoms with E-state index in [1.807, 2.05) is 0 Å². The third-order valence-corrected chi connectivity index (χ3v) is 3.63. The first-order valence-electron chi connectivity index (χ1n) is 8.64. The van der Waals surface area contributed by atoms with Gasteiger partial charge in [-0.15, -0.1) is 0 Å². The third kappa shape index (κ3) is 17.2. The first kappa shape index (κ1) is 19.2. The van der Waals surface area contributed by atoms with Crippen LogP contribution in [0.1, 0.15) is 96.8 Å². The fourth-order valence-corrected chi connectivity index (χ4v) is 2.35. The molecule has 0 aromatic carbocycles. The molecule has 0 aromatic heterocycles. The van der Waals surface area contributed by atoms with Crippen LogP contribution in [0.25, 0.3) is 0 Å². The lowest BCUT2D eigenvalue weighted by atomic mass is 10.1. The van der Waals surface area contributed by atoms with Gasteiger partial charge in [-0.2, -0.15) is 0 Å². The van der Waals surface area contributed by atoms with Crippen molar-refractivity contribution in [3.63, 3.8) is 0 Å². The van der Waals surface area contributed by atoms with Gasteiger partial charge in [-0.05, 0) is 25.7 Å². The van der Waals surface area contributed by atoms with Crippen molar-refractivity contribution in [2.24, 2.45) is 0 Å². The Labute approximate surface area is 125 Å². The molecule has 0 spiro atoms. The molecule has 0 saturated carbocycles. The number of carbonyl (C=O) groups is 1. The van der Waals surface area contributed by atoms with Gasteiger partial charge in [-0.3, -0.25) is 4.79 Å². The van der Waals surface area contributed by atoms with Crippen LogP contribution in [0.3, 0.4) is 0 Å². The quantitative estimate of drug-likeness (QED) is 0.291. The Balaban J connectivity index is 3.01. The Kier molecular flexibility index (Phi) is 15.6. The van der Waals surface area contributed by atoms with E-state index >= 15 is 0 Å². The average molecular weight is 282 g/mol. The highest BCUT2D eigenvalue weighted by atomic mass is 16.4. The number of rotatable bonds is 15. The van der Waals surface area contributed by atoms with Gasteiger partial charge in [0.1, 0.15) is 0 Å². The summed E-state index contributed by atoms with van der Waals surface area (Å²) in [6, 6.07) is 0. The van der Waals surface area contributed by atoms with E-state index in [0.29, 0.717) is 6.42 Å². The van der Waals surface area contributed by atoms with E-state index in [2.05, 4.69) is 19.1 Å². The Morgan fingerprint density at radius 3 is 1.70 bits per heavy atom. The number of aliphatic carboxylic acids is 1. The van der Waals surface area contributed by atoms with Crippen LogP contribution in [0, 0.1) is 0 Å². The van der Waals surface area contributed by atoms with Gasteiger partial charge in [-0.1, -0.05) is 76.9 Å². The van der Waals surface area contributed by atoms with Gasteiger partial charge in [0.15, 0.2) is 0 Å². The molecule has 0 radical (unpaired) electrons. The van der Waals surface area contributed by atoms with E-state index in [1.165, 1.54) is 70.6 Å². The number of allylic oxidation sites excluding steroid dienone is 2. The second kappa shape index (κ2) is 16.3. The Morgan fingerprint density at radius 1 is 0.750 bits per heavy atom. The molecule has 2 heteroatoms. The van der Waals surface area contributed by atoms with Crippen molar-refractivity contribution >= 4 is 5.97 Å². The minimum absolute atomic E-state index is 0.340. The maximum Gasteiger partial charge on any atom is 0.303 e. The maximum atomic E-state index is 10.3. The van der Waals surface area contributed by atoms with Crippen molar-refractivity contribution in [1.82, 2.24) is 0 Å². The second-order valence-corrected chi connectivity index (χ2v) is 5.73. The molecular formula is C18H34O2. The summed E-state index contributed by atoms with van der Waals surface area (Å²) < 4.78 is 0. The number of hydrogen-bond donors (Lipinski definition) is 1. The first-order valence-corrected chi connectivity index (χ1v) is 8.64. The largest absolute Gasteiger partial charge is 0.481 e. The summed E-state index contributed by atoms with van der Waals surface area (Å²) in [6.45, 7) is 2.22. The van der Waals surface area contributed by atoms with Crippen LogP contribution in [0.15, 0.2) is 12.2 Å². The molecule has 0 aliphatic carbocycles. The summed E-state index contributed by atoms with van der Waals surface area (Å²) in [6.07, 6.45) is 21.3. The molecule has 0 saturated heterocycles. The lowest BCUT2D eigenvalue weighted by Crippen LogP contribution is -1.93. The van der Waals surface area contributed by atoms with Crippen molar-refractivity contribution in [1.29, 1.82) is 0 Å². The van der Waals surface area contributed by atoms with Crippen LogP contribution in [-0.4, -0.2) is 11.1 Å². The average Bonchev–Trinajstić information content (AvgIpc) is 2.43. The third-order valence-electron chi connectivity index (χ3n) is 3.63. The van der Waals surface area contributed by atoms with E-state index in [-0.39, 0.29) is 0 Å². The molecule has 20 heavy (non-hydrogen) atoms. The van der Waals surface area contributed by atoms with E-state index in [4.69, 9.17) is 5.11 Å². The maximum absolute atomic E-state index is 10.3. The highest BCUT2D eigenvalue weighted by Gasteiger charge is 1.96. The summed E-state index contributed by atoms with van der Waals surface area (Å²) in [7, 11) is 0. The van der Waals surface area contributed by atoms with E-state index in [9.17, 15) is 4.79 Å². The number of carboxylic acid groups (broad SMARTS) is 1. The fraction of sp³-hybridized carbons (Fsp3) is 0.833. The molecule has 0 amide bonds. The van der Waals surface area contributed by atoms with Gasteiger partial charge in [0.05, 0.1) is 0 Å². The minimum Gasteiger partial charge on any atom is -0.481 e. The summed E-state index contributed by atoms with van der Waals surface area (Å²) in [5.74, 6) is -0.658. The summed E-state index contributed by atoms with van der Waals surface area (Å²) in [5.41, 5.74) is 0. The fourth-order valence-electron chi connectivity index (χ4n) is 2.35. The Morgan fingerprint density at radius 2 is 1.20 bits per heavy atom. The van der Waals surface area contributed by atoms with E-state index < -0.39 is 5.97 Å². The van der Waals surface area contributed by atoms with E-state index in [1.54, 1.807) is 0 Å². The predicted molar refractivity (Wildman–Crippen MR) is 87.1 cm³/mol. The van der Waals surface area contributed by atoms with Crippen LogP contribution in [0.4, 0.5) is 0 Å². The van der Waals surface area contributed by atoms with Crippen molar-refractivity contribution in [2.75, 3.05) is 0 Å². The molecule has 0 aromatic rings. The SMILES string of the molecule is CCC/C=C/CCCCCCCCCCCCC(=O)O. The lowest BCUT2D eigenvalue weighted by Gasteiger charge is -2.01. The van der Waals surface area contributed by atoms with Gasteiger partial charge >= 0.3 is 5.97 Å². The summed E-state index contributed by atoms with van der Waals surface area (Å²) >= 11 is 0. The molecular weight excluding hydrogens is 248 g/mol. The molecule has 0 fully saturated rings. The molecule has 0 atom stereocenters. The van der Waals surface area contributed by atoms with Crippen LogP contribution in [0.5, 0.6) is 0 Å². The van der Waals surface area contributed by atoms with Gasteiger partial charge in [0, 0.05) is 6.42 Å². The molecule has 0 unspecified atom stereocenters. The van der Waals surface area contributed by atoms with Gasteiger partial charge in [0.2, 0.25) is 0 Å². The van der Waals surface area contributed by atoms with Crippen LogP contribution in [-0.2, 0) is 4.79 Å². The van der Waals surface area contributed by atoms with Gasteiger partial charge < -0.3 is 5.11 Å². The highest BCUT2D eigenvalue weighted by Crippen LogP contribution is 2.12. The normalized spacial score (nSPS) is 11.2. The zero-order chi connectivity index (χ0) is 14.9. The van der Waals surface area contributed by atoms with Crippen molar-refractivity contribution in [3.05, 3.63) is 12.2 Å². The molecule has 0 rings (SSSR count). The number of hydrogen-bond acceptors (Lipinski definition) is 1. The topological polar surface area (TPSA) is 37.3 Å². The van der Waals surface area contributed by atoms with Gasteiger partial charge in [-0.25, -0.2) is 0 Å². The highest BCUT2D eigenvalue weighted by molar-refractivity contribution is 5.66. The monoisotopic (exact) mass is 282 g/mol. The van der Waals surface area contributed by atoms with Crippen LogP contribution < -0.4 is 0 Å². The smallest absolute Gasteiger partial charge is 0.303 e. The molecule has 0 aliphatic heterocycles. The standard InChI is InChI=1S/C18H34O2/c1-2-3-4-5-6-7-8-9-10-11-12-13-14-15-16-17-18(19)20/h4-5H,2-3,6-17H2,1H3,(H,19,20)/b5-4+. The molecule has 118 valence electrons. The second-order valence-electron chi connectivity index (χ2n) is 5.73. The van der Waals surface area contributed by atoms with Crippen molar-refractivity contribution in [3.8, 4) is 0 Å². The molecule has 0 bridgehead atoms. The van der Waals surface area contributed by atoms with Crippen molar-refractivity contribution in [2.45, 2.75) is 96.8 Å². The van der Waals surface area contributed by atoms with Crippen molar-refractivity contribution < 1.29 is 9.90 Å². The Bertz CT molecular complexity index is 234.